The average molecular weight is 290 g/mol. The molecule has 21 heavy (non-hydrogen) atoms. The minimum atomic E-state index is -0.315. The lowest BCUT2D eigenvalue weighted by Gasteiger charge is -2.29. The van der Waals surface area contributed by atoms with Crippen LogP contribution in [0.25, 0.3) is 0 Å². The van der Waals surface area contributed by atoms with Crippen LogP contribution in [0, 0.1) is 5.41 Å². The fraction of sp³-hybridized carbons (Fsp3) is 0.588. The lowest BCUT2D eigenvalue weighted by molar-refractivity contribution is 0.0527. The molecule has 0 unspecified atom stereocenters. The SMILES string of the molecule is CCOC(=O)c1cccc(N)c1NCC1(CC)CCCC1. The van der Waals surface area contributed by atoms with Crippen molar-refractivity contribution in [1.82, 2.24) is 0 Å². The maximum Gasteiger partial charge on any atom is 0.340 e. The normalized spacial score (nSPS) is 16.7. The van der Waals surface area contributed by atoms with Crippen molar-refractivity contribution in [2.75, 3.05) is 24.2 Å². The Morgan fingerprint density at radius 2 is 2.05 bits per heavy atom. The number of anilines is 2. The van der Waals surface area contributed by atoms with Gasteiger partial charge in [0.25, 0.3) is 0 Å². The van der Waals surface area contributed by atoms with Gasteiger partial charge in [0.2, 0.25) is 0 Å². The van der Waals surface area contributed by atoms with Gasteiger partial charge < -0.3 is 15.8 Å². The van der Waals surface area contributed by atoms with Crippen LogP contribution in [0.4, 0.5) is 11.4 Å². The minimum absolute atomic E-state index is 0.315. The molecule has 0 radical (unpaired) electrons. The van der Waals surface area contributed by atoms with Crippen molar-refractivity contribution in [2.45, 2.75) is 46.0 Å². The second-order valence-corrected chi connectivity index (χ2v) is 5.90. The molecule has 2 rings (SSSR count). The largest absolute Gasteiger partial charge is 0.462 e. The summed E-state index contributed by atoms with van der Waals surface area (Å²) in [5.74, 6) is -0.315. The highest BCUT2D eigenvalue weighted by atomic mass is 16.5. The molecule has 1 saturated carbocycles. The van der Waals surface area contributed by atoms with Gasteiger partial charge in [0.05, 0.1) is 23.5 Å². The van der Waals surface area contributed by atoms with E-state index in [9.17, 15) is 4.79 Å². The van der Waals surface area contributed by atoms with Crippen molar-refractivity contribution >= 4 is 17.3 Å². The van der Waals surface area contributed by atoms with Crippen molar-refractivity contribution in [3.63, 3.8) is 0 Å². The number of hydrogen-bond acceptors (Lipinski definition) is 4. The molecule has 1 aromatic rings. The molecule has 4 heteroatoms. The Labute approximate surface area is 127 Å². The van der Waals surface area contributed by atoms with Crippen LogP contribution >= 0.6 is 0 Å². The van der Waals surface area contributed by atoms with E-state index >= 15 is 0 Å². The predicted octanol–water partition coefficient (Wildman–Crippen LogP) is 3.83. The number of rotatable bonds is 6. The Hall–Kier alpha value is -1.71. The second kappa shape index (κ2) is 6.83. The Morgan fingerprint density at radius 1 is 1.33 bits per heavy atom. The van der Waals surface area contributed by atoms with E-state index in [1.807, 2.05) is 13.0 Å². The first kappa shape index (κ1) is 15.7. The van der Waals surface area contributed by atoms with Crippen LogP contribution in [0.1, 0.15) is 56.3 Å². The van der Waals surface area contributed by atoms with Gasteiger partial charge >= 0.3 is 5.97 Å². The predicted molar refractivity (Wildman–Crippen MR) is 86.5 cm³/mol. The molecule has 1 aliphatic carbocycles. The van der Waals surface area contributed by atoms with Crippen LogP contribution in [0.3, 0.4) is 0 Å². The van der Waals surface area contributed by atoms with Crippen LogP contribution in [-0.2, 0) is 4.74 Å². The summed E-state index contributed by atoms with van der Waals surface area (Å²) in [6.45, 7) is 5.28. The molecule has 3 N–H and O–H groups in total. The molecule has 1 aliphatic rings. The first-order valence-electron chi connectivity index (χ1n) is 7.91. The van der Waals surface area contributed by atoms with Crippen molar-refractivity contribution < 1.29 is 9.53 Å². The lowest BCUT2D eigenvalue weighted by Crippen LogP contribution is -2.27. The molecule has 0 saturated heterocycles. The quantitative estimate of drug-likeness (QED) is 0.617. The van der Waals surface area contributed by atoms with Gasteiger partial charge in [-0.25, -0.2) is 4.79 Å². The molecule has 116 valence electrons. The summed E-state index contributed by atoms with van der Waals surface area (Å²) in [5.41, 5.74) is 8.24. The maximum atomic E-state index is 12.0. The molecule has 0 heterocycles. The van der Waals surface area contributed by atoms with Crippen molar-refractivity contribution in [2.24, 2.45) is 5.41 Å². The van der Waals surface area contributed by atoms with Gasteiger partial charge in [-0.1, -0.05) is 25.8 Å². The monoisotopic (exact) mass is 290 g/mol. The molecular weight excluding hydrogens is 264 g/mol. The third-order valence-electron chi connectivity index (χ3n) is 4.65. The summed E-state index contributed by atoms with van der Waals surface area (Å²) >= 11 is 0. The van der Waals surface area contributed by atoms with Crippen LogP contribution in [0.5, 0.6) is 0 Å². The summed E-state index contributed by atoms with van der Waals surface area (Å²) in [6, 6.07) is 5.38. The molecule has 0 atom stereocenters. The van der Waals surface area contributed by atoms with Gasteiger partial charge in [0.1, 0.15) is 0 Å². The third-order valence-corrected chi connectivity index (χ3v) is 4.65. The zero-order valence-electron chi connectivity index (χ0n) is 13.1. The number of para-hydroxylation sites is 1. The Kier molecular flexibility index (Phi) is 5.10. The highest BCUT2D eigenvalue weighted by molar-refractivity contribution is 5.98. The minimum Gasteiger partial charge on any atom is -0.462 e. The van der Waals surface area contributed by atoms with E-state index in [2.05, 4.69) is 12.2 Å². The van der Waals surface area contributed by atoms with E-state index in [1.54, 1.807) is 12.1 Å². The lowest BCUT2D eigenvalue weighted by atomic mass is 9.83. The highest BCUT2D eigenvalue weighted by Gasteiger charge is 2.32. The number of nitrogen functional groups attached to an aromatic ring is 1. The fourth-order valence-corrected chi connectivity index (χ4v) is 3.20. The molecular formula is C17H26N2O2. The maximum absolute atomic E-state index is 12.0. The second-order valence-electron chi connectivity index (χ2n) is 5.90. The number of carbonyl (C=O) groups excluding carboxylic acids is 1. The summed E-state index contributed by atoms with van der Waals surface area (Å²) < 4.78 is 5.11. The smallest absolute Gasteiger partial charge is 0.340 e. The van der Waals surface area contributed by atoms with E-state index in [4.69, 9.17) is 10.5 Å². The van der Waals surface area contributed by atoms with Gasteiger partial charge in [-0.15, -0.1) is 0 Å². The fourth-order valence-electron chi connectivity index (χ4n) is 3.20. The van der Waals surface area contributed by atoms with E-state index < -0.39 is 0 Å². The van der Waals surface area contributed by atoms with Gasteiger partial charge in [0.15, 0.2) is 0 Å². The Morgan fingerprint density at radius 3 is 2.67 bits per heavy atom. The Bertz CT molecular complexity index is 494. The van der Waals surface area contributed by atoms with Gasteiger partial charge in [-0.2, -0.15) is 0 Å². The molecule has 1 aromatic carbocycles. The van der Waals surface area contributed by atoms with Gasteiger partial charge in [-0.3, -0.25) is 0 Å². The van der Waals surface area contributed by atoms with E-state index in [-0.39, 0.29) is 5.97 Å². The first-order valence-corrected chi connectivity index (χ1v) is 7.91. The number of hydrogen-bond donors (Lipinski definition) is 2. The van der Waals surface area contributed by atoms with Crippen LogP contribution in [-0.4, -0.2) is 19.1 Å². The van der Waals surface area contributed by atoms with E-state index in [0.29, 0.717) is 23.3 Å². The summed E-state index contributed by atoms with van der Waals surface area (Å²) in [7, 11) is 0. The molecule has 1 fully saturated rings. The van der Waals surface area contributed by atoms with Gasteiger partial charge in [-0.05, 0) is 43.7 Å². The molecule has 0 spiro atoms. The number of nitrogens with one attached hydrogen (secondary N) is 1. The standard InChI is InChI=1S/C17H26N2O2/c1-3-17(10-5-6-11-17)12-19-15-13(16(20)21-4-2)8-7-9-14(15)18/h7-9,19H,3-6,10-12,18H2,1-2H3. The summed E-state index contributed by atoms with van der Waals surface area (Å²) in [4.78, 5) is 12.0. The van der Waals surface area contributed by atoms with Gasteiger partial charge in [0, 0.05) is 6.54 Å². The zero-order chi connectivity index (χ0) is 15.3. The third kappa shape index (κ3) is 3.49. The highest BCUT2D eigenvalue weighted by Crippen LogP contribution is 2.41. The number of nitrogens with two attached hydrogens (primary N) is 1. The molecule has 4 nitrogen and oxygen atoms in total. The molecule has 0 aromatic heterocycles. The first-order chi connectivity index (χ1) is 10.1. The topological polar surface area (TPSA) is 64.3 Å². The summed E-state index contributed by atoms with van der Waals surface area (Å²) in [5, 5.41) is 3.43. The van der Waals surface area contributed by atoms with E-state index in [0.717, 1.165) is 18.7 Å². The zero-order valence-corrected chi connectivity index (χ0v) is 13.1. The van der Waals surface area contributed by atoms with Crippen LogP contribution in [0.2, 0.25) is 0 Å². The Balaban J connectivity index is 2.17. The average Bonchev–Trinajstić information content (AvgIpc) is 2.95. The summed E-state index contributed by atoms with van der Waals surface area (Å²) in [6.07, 6.45) is 6.24. The van der Waals surface area contributed by atoms with E-state index in [1.165, 1.54) is 25.7 Å². The number of carbonyl (C=O) groups is 1. The van der Waals surface area contributed by atoms with Crippen LogP contribution < -0.4 is 11.1 Å². The molecule has 0 bridgehead atoms. The number of esters is 1. The molecule has 0 amide bonds. The number of ether oxygens (including phenoxy) is 1. The van der Waals surface area contributed by atoms with Crippen molar-refractivity contribution in [3.8, 4) is 0 Å². The number of benzene rings is 1. The molecule has 0 aliphatic heterocycles. The van der Waals surface area contributed by atoms with Crippen LogP contribution in [0.15, 0.2) is 18.2 Å². The van der Waals surface area contributed by atoms with Crippen molar-refractivity contribution in [1.29, 1.82) is 0 Å². The van der Waals surface area contributed by atoms with Crippen molar-refractivity contribution in [3.05, 3.63) is 23.8 Å².